The number of benzene rings is 4. The van der Waals surface area contributed by atoms with E-state index in [0.717, 1.165) is 31.6 Å². The summed E-state index contributed by atoms with van der Waals surface area (Å²) in [6.07, 6.45) is 0. The fourth-order valence-corrected chi connectivity index (χ4v) is 3.78. The maximum Gasteiger partial charge on any atom is 0.132 e. The second-order valence-corrected chi connectivity index (χ2v) is 6.48. The molecule has 0 fully saturated rings. The second kappa shape index (κ2) is 5.91. The highest BCUT2D eigenvalue weighted by Crippen LogP contribution is 2.43. The molecule has 0 aromatic heterocycles. The number of ether oxygens (including phenoxy) is 1. The number of methoxy groups -OCH3 is 1. The molecule has 0 unspecified atom stereocenters. The molecule has 0 saturated carbocycles. The molecule has 24 heavy (non-hydrogen) atoms. The highest BCUT2D eigenvalue weighted by Gasteiger charge is 2.18. The van der Waals surface area contributed by atoms with Gasteiger partial charge in [-0.1, -0.05) is 70.5 Å². The van der Waals surface area contributed by atoms with Gasteiger partial charge >= 0.3 is 0 Å². The first-order valence-electron chi connectivity index (χ1n) is 7.63. The lowest BCUT2D eigenvalue weighted by Gasteiger charge is -2.16. The average Bonchev–Trinajstić information content (AvgIpc) is 2.62. The van der Waals surface area contributed by atoms with Crippen LogP contribution in [0.25, 0.3) is 32.7 Å². The van der Waals surface area contributed by atoms with Crippen molar-refractivity contribution >= 4 is 37.5 Å². The topological polar surface area (TPSA) is 9.23 Å². The minimum absolute atomic E-state index is 0.268. The van der Waals surface area contributed by atoms with Gasteiger partial charge in [0.2, 0.25) is 0 Å². The molecular weight excluding hydrogens is 367 g/mol. The first-order valence-corrected chi connectivity index (χ1v) is 8.43. The van der Waals surface area contributed by atoms with Crippen LogP contribution in [0.5, 0.6) is 5.75 Å². The fraction of sp³-hybridized carbons (Fsp3) is 0.0476. The SMILES string of the molecule is COc1ccc2ccccc2c1-c1c(F)cc(Br)c2ccccc12. The summed E-state index contributed by atoms with van der Waals surface area (Å²) in [6, 6.07) is 21.2. The van der Waals surface area contributed by atoms with Crippen molar-refractivity contribution in [2.24, 2.45) is 0 Å². The molecule has 0 N–H and O–H groups in total. The van der Waals surface area contributed by atoms with Gasteiger partial charge in [0.15, 0.2) is 0 Å². The van der Waals surface area contributed by atoms with Crippen molar-refractivity contribution in [1.29, 1.82) is 0 Å². The summed E-state index contributed by atoms with van der Waals surface area (Å²) in [5, 5.41) is 3.87. The van der Waals surface area contributed by atoms with Gasteiger partial charge in [-0.05, 0) is 33.7 Å². The first kappa shape index (κ1) is 15.2. The van der Waals surface area contributed by atoms with E-state index in [9.17, 15) is 0 Å². The van der Waals surface area contributed by atoms with Crippen LogP contribution >= 0.6 is 15.9 Å². The van der Waals surface area contributed by atoms with Crippen LogP contribution in [-0.4, -0.2) is 7.11 Å². The van der Waals surface area contributed by atoms with Crippen molar-refractivity contribution < 1.29 is 9.13 Å². The zero-order chi connectivity index (χ0) is 16.7. The van der Waals surface area contributed by atoms with Gasteiger partial charge in [-0.15, -0.1) is 0 Å². The maximum absolute atomic E-state index is 15.0. The summed E-state index contributed by atoms with van der Waals surface area (Å²) in [5.74, 6) is 0.398. The molecule has 0 amide bonds. The Balaban J connectivity index is 2.22. The summed E-state index contributed by atoms with van der Waals surface area (Å²) in [6.45, 7) is 0. The predicted octanol–water partition coefficient (Wildman–Crippen LogP) is 6.57. The summed E-state index contributed by atoms with van der Waals surface area (Å²) < 4.78 is 21.3. The lowest BCUT2D eigenvalue weighted by Crippen LogP contribution is -1.94. The van der Waals surface area contributed by atoms with Crippen LogP contribution in [-0.2, 0) is 0 Å². The Hall–Kier alpha value is -2.39. The van der Waals surface area contributed by atoms with Crippen molar-refractivity contribution in [2.75, 3.05) is 7.11 Å². The molecule has 118 valence electrons. The van der Waals surface area contributed by atoms with Crippen LogP contribution < -0.4 is 4.74 Å². The Kier molecular flexibility index (Phi) is 3.73. The van der Waals surface area contributed by atoms with Crippen molar-refractivity contribution in [2.45, 2.75) is 0 Å². The van der Waals surface area contributed by atoms with E-state index in [1.165, 1.54) is 6.07 Å². The van der Waals surface area contributed by atoms with Crippen molar-refractivity contribution in [3.63, 3.8) is 0 Å². The monoisotopic (exact) mass is 380 g/mol. The van der Waals surface area contributed by atoms with Crippen molar-refractivity contribution in [3.8, 4) is 16.9 Å². The van der Waals surface area contributed by atoms with Gasteiger partial charge in [-0.2, -0.15) is 0 Å². The third-order valence-electron chi connectivity index (χ3n) is 4.31. The number of hydrogen-bond donors (Lipinski definition) is 0. The molecule has 0 aliphatic heterocycles. The van der Waals surface area contributed by atoms with E-state index in [-0.39, 0.29) is 5.82 Å². The Morgan fingerprint density at radius 1 is 0.792 bits per heavy atom. The zero-order valence-electron chi connectivity index (χ0n) is 13.0. The van der Waals surface area contributed by atoms with Gasteiger partial charge in [-0.25, -0.2) is 4.39 Å². The van der Waals surface area contributed by atoms with Gasteiger partial charge in [-0.3, -0.25) is 0 Å². The van der Waals surface area contributed by atoms with Crippen molar-refractivity contribution in [3.05, 3.63) is 77.0 Å². The second-order valence-electron chi connectivity index (χ2n) is 5.62. The molecule has 1 nitrogen and oxygen atoms in total. The number of rotatable bonds is 2. The molecule has 0 bridgehead atoms. The molecule has 0 heterocycles. The summed E-state index contributed by atoms with van der Waals surface area (Å²) in [5.41, 5.74) is 1.36. The summed E-state index contributed by atoms with van der Waals surface area (Å²) >= 11 is 3.47. The first-order chi connectivity index (χ1) is 11.7. The van der Waals surface area contributed by atoms with Crippen LogP contribution in [0.4, 0.5) is 4.39 Å². The molecule has 0 saturated heterocycles. The van der Waals surface area contributed by atoms with Crippen LogP contribution in [0.1, 0.15) is 0 Å². The van der Waals surface area contributed by atoms with Crippen LogP contribution in [0.3, 0.4) is 0 Å². The zero-order valence-corrected chi connectivity index (χ0v) is 14.6. The molecule has 0 aliphatic rings. The quantitative estimate of drug-likeness (QED) is 0.382. The Morgan fingerprint density at radius 3 is 2.21 bits per heavy atom. The lowest BCUT2D eigenvalue weighted by atomic mass is 9.92. The van der Waals surface area contributed by atoms with E-state index in [1.54, 1.807) is 7.11 Å². The molecule has 4 rings (SSSR count). The maximum atomic E-state index is 15.0. The molecular formula is C21H14BrFO. The van der Waals surface area contributed by atoms with Crippen LogP contribution in [0, 0.1) is 5.82 Å². The number of hydrogen-bond acceptors (Lipinski definition) is 1. The highest BCUT2D eigenvalue weighted by atomic mass is 79.9. The summed E-state index contributed by atoms with van der Waals surface area (Å²) in [4.78, 5) is 0. The van der Waals surface area contributed by atoms with E-state index < -0.39 is 0 Å². The standard InChI is InChI=1S/C21H14BrFO/c1-24-19-11-10-13-6-2-3-7-14(13)21(19)20-16-9-5-4-8-15(16)17(22)12-18(20)23/h2-12H,1H3. The van der Waals surface area contributed by atoms with E-state index in [1.807, 2.05) is 60.7 Å². The normalized spacial score (nSPS) is 11.1. The van der Waals surface area contributed by atoms with Crippen molar-refractivity contribution in [1.82, 2.24) is 0 Å². The Morgan fingerprint density at radius 2 is 1.46 bits per heavy atom. The molecule has 0 radical (unpaired) electrons. The number of halogens is 2. The molecule has 3 heteroatoms. The highest BCUT2D eigenvalue weighted by molar-refractivity contribution is 9.10. The summed E-state index contributed by atoms with van der Waals surface area (Å²) in [7, 11) is 1.62. The minimum Gasteiger partial charge on any atom is -0.496 e. The fourth-order valence-electron chi connectivity index (χ4n) is 3.23. The van der Waals surface area contributed by atoms with E-state index in [0.29, 0.717) is 11.3 Å². The van der Waals surface area contributed by atoms with E-state index in [4.69, 9.17) is 4.74 Å². The largest absolute Gasteiger partial charge is 0.496 e. The number of fused-ring (bicyclic) bond motifs is 2. The van der Waals surface area contributed by atoms with Gasteiger partial charge in [0, 0.05) is 15.6 Å². The third-order valence-corrected chi connectivity index (χ3v) is 4.96. The van der Waals surface area contributed by atoms with Crippen LogP contribution in [0.2, 0.25) is 0 Å². The van der Waals surface area contributed by atoms with Gasteiger partial charge in [0.05, 0.1) is 7.11 Å². The van der Waals surface area contributed by atoms with Gasteiger partial charge in [0.1, 0.15) is 11.6 Å². The molecule has 4 aromatic carbocycles. The van der Waals surface area contributed by atoms with E-state index in [2.05, 4.69) is 15.9 Å². The average molecular weight is 381 g/mol. The molecule has 0 atom stereocenters. The third kappa shape index (κ3) is 2.28. The Labute approximate surface area is 147 Å². The smallest absolute Gasteiger partial charge is 0.132 e. The molecule has 0 aliphatic carbocycles. The lowest BCUT2D eigenvalue weighted by molar-refractivity contribution is 0.417. The molecule has 0 spiro atoms. The van der Waals surface area contributed by atoms with Crippen LogP contribution in [0.15, 0.2) is 71.2 Å². The minimum atomic E-state index is -0.268. The molecule has 4 aromatic rings. The van der Waals surface area contributed by atoms with Gasteiger partial charge in [0.25, 0.3) is 0 Å². The Bertz CT molecular complexity index is 1070. The predicted molar refractivity (Wildman–Crippen MR) is 101 cm³/mol. The van der Waals surface area contributed by atoms with Gasteiger partial charge < -0.3 is 4.74 Å². The van der Waals surface area contributed by atoms with E-state index >= 15 is 4.39 Å².